The average Bonchev–Trinajstić information content (AvgIpc) is 3.43. The number of aliphatic hydroxyl groups is 1. The number of nitrogens with one attached hydrogen (secondary N) is 2. The van der Waals surface area contributed by atoms with E-state index in [0.29, 0.717) is 6.54 Å². The van der Waals surface area contributed by atoms with E-state index in [1.807, 2.05) is 64.4 Å². The third-order valence-electron chi connectivity index (χ3n) is 9.41. The van der Waals surface area contributed by atoms with Crippen LogP contribution in [0, 0.1) is 5.92 Å². The Bertz CT molecular complexity index is 1260. The zero-order chi connectivity index (χ0) is 32.1. The van der Waals surface area contributed by atoms with Crippen molar-refractivity contribution in [3.8, 4) is 11.1 Å². The summed E-state index contributed by atoms with van der Waals surface area (Å²) in [6.45, 7) is 8.83. The van der Waals surface area contributed by atoms with Gasteiger partial charge >= 0.3 is 12.1 Å². The minimum Gasteiger partial charge on any atom is -0.446 e. The molecule has 3 fully saturated rings. The van der Waals surface area contributed by atoms with Gasteiger partial charge in [-0.25, -0.2) is 9.59 Å². The molecule has 0 atom stereocenters. The van der Waals surface area contributed by atoms with Gasteiger partial charge in [0.25, 0.3) is 0 Å². The maximum absolute atomic E-state index is 13.0. The van der Waals surface area contributed by atoms with Crippen molar-refractivity contribution in [3.63, 3.8) is 0 Å². The topological polar surface area (TPSA) is 118 Å². The first-order valence-corrected chi connectivity index (χ1v) is 17.0. The number of piperidine rings is 2. The second kappa shape index (κ2) is 17.3. The lowest BCUT2D eigenvalue weighted by Gasteiger charge is -2.32. The van der Waals surface area contributed by atoms with Gasteiger partial charge in [0.2, 0.25) is 5.91 Å². The number of anilines is 1. The van der Waals surface area contributed by atoms with E-state index in [4.69, 9.17) is 9.84 Å². The molecule has 3 aliphatic heterocycles. The minimum absolute atomic E-state index is 0.0262. The summed E-state index contributed by atoms with van der Waals surface area (Å²) in [5, 5.41) is 14.6. The van der Waals surface area contributed by atoms with Crippen LogP contribution in [0.25, 0.3) is 11.1 Å². The normalized spacial score (nSPS) is 18.6. The molecule has 0 spiro atoms. The molecule has 0 radical (unpaired) electrons. The summed E-state index contributed by atoms with van der Waals surface area (Å²) in [6.07, 6.45) is 4.66. The number of benzene rings is 2. The monoisotopic (exact) mass is 634 g/mol. The predicted molar refractivity (Wildman–Crippen MR) is 178 cm³/mol. The molecule has 4 amide bonds. The highest BCUT2D eigenvalue weighted by molar-refractivity contribution is 5.91. The van der Waals surface area contributed by atoms with Crippen molar-refractivity contribution < 1.29 is 24.2 Å². The number of aliphatic hydroxyl groups excluding tert-OH is 1. The number of carbonyl (C=O) groups is 3. The van der Waals surface area contributed by atoms with E-state index in [-0.39, 0.29) is 30.6 Å². The van der Waals surface area contributed by atoms with E-state index in [1.54, 1.807) is 0 Å². The highest BCUT2D eigenvalue weighted by Crippen LogP contribution is 2.28. The fourth-order valence-corrected chi connectivity index (χ4v) is 6.76. The van der Waals surface area contributed by atoms with Crippen LogP contribution in [0.15, 0.2) is 54.6 Å². The predicted octanol–water partition coefficient (Wildman–Crippen LogP) is 3.70. The molecular formula is C35H50N6O5. The molecule has 2 aromatic carbocycles. The summed E-state index contributed by atoms with van der Waals surface area (Å²) in [4.78, 5) is 46.5. The van der Waals surface area contributed by atoms with Crippen molar-refractivity contribution in [2.24, 2.45) is 5.92 Å². The number of hydrogen-bond acceptors (Lipinski definition) is 7. The first kappa shape index (κ1) is 33.7. The van der Waals surface area contributed by atoms with Gasteiger partial charge in [0, 0.05) is 57.3 Å². The number of likely N-dealkylation sites (tertiary alicyclic amines) is 2. The van der Waals surface area contributed by atoms with Gasteiger partial charge in [-0.05, 0) is 76.3 Å². The summed E-state index contributed by atoms with van der Waals surface area (Å²) in [7, 11) is 0. The number of hydrogen-bond donors (Lipinski definition) is 3. The zero-order valence-electron chi connectivity index (χ0n) is 26.9. The van der Waals surface area contributed by atoms with Gasteiger partial charge in [-0.2, -0.15) is 0 Å². The quantitative estimate of drug-likeness (QED) is 0.290. The van der Waals surface area contributed by atoms with Crippen LogP contribution in [0.2, 0.25) is 0 Å². The van der Waals surface area contributed by atoms with Crippen LogP contribution in [0.3, 0.4) is 0 Å². The van der Waals surface area contributed by atoms with Crippen LogP contribution in [-0.4, -0.2) is 127 Å². The molecule has 3 aliphatic rings. The van der Waals surface area contributed by atoms with E-state index in [2.05, 4.69) is 20.4 Å². The van der Waals surface area contributed by atoms with Gasteiger partial charge in [-0.1, -0.05) is 48.5 Å². The molecule has 5 rings (SSSR count). The molecular weight excluding hydrogens is 584 g/mol. The van der Waals surface area contributed by atoms with Crippen molar-refractivity contribution in [1.82, 2.24) is 24.9 Å². The van der Waals surface area contributed by atoms with Gasteiger partial charge in [-0.3, -0.25) is 10.1 Å². The van der Waals surface area contributed by atoms with Crippen molar-refractivity contribution in [3.05, 3.63) is 54.6 Å². The number of carbonyl (C=O) groups excluding carboxylic acids is 3. The third kappa shape index (κ3) is 9.67. The summed E-state index contributed by atoms with van der Waals surface area (Å²) in [5.41, 5.74) is 2.75. The Labute approximate surface area is 272 Å². The van der Waals surface area contributed by atoms with Gasteiger partial charge in [0.15, 0.2) is 0 Å². The van der Waals surface area contributed by atoms with Crippen LogP contribution in [0.1, 0.15) is 38.5 Å². The first-order valence-electron chi connectivity index (χ1n) is 17.0. The molecule has 11 heteroatoms. The van der Waals surface area contributed by atoms with Crippen molar-refractivity contribution in [1.29, 1.82) is 0 Å². The molecule has 250 valence electrons. The van der Waals surface area contributed by atoms with Gasteiger partial charge in [-0.15, -0.1) is 0 Å². The molecule has 3 heterocycles. The molecule has 0 unspecified atom stereocenters. The molecule has 11 nitrogen and oxygen atoms in total. The average molecular weight is 635 g/mol. The molecule has 3 saturated heterocycles. The number of amides is 4. The van der Waals surface area contributed by atoms with Crippen molar-refractivity contribution in [2.45, 2.75) is 44.6 Å². The maximum Gasteiger partial charge on any atom is 0.411 e. The van der Waals surface area contributed by atoms with Gasteiger partial charge in [0.05, 0.1) is 12.3 Å². The lowest BCUT2D eigenvalue weighted by molar-refractivity contribution is -0.126. The van der Waals surface area contributed by atoms with E-state index in [1.165, 1.54) is 0 Å². The molecule has 0 aliphatic carbocycles. The van der Waals surface area contributed by atoms with E-state index >= 15 is 0 Å². The van der Waals surface area contributed by atoms with E-state index < -0.39 is 6.09 Å². The fraction of sp³-hybridized carbons (Fsp3) is 0.571. The Hall–Kier alpha value is -3.67. The smallest absolute Gasteiger partial charge is 0.411 e. The molecule has 2 aromatic rings. The standard InChI is InChI=1S/C35H50N6O5/c42-27-16-36-33(43)29-12-21-38(22-13-29)17-6-19-40-25-26-41(35(40)45)20-7-18-39-23-14-30(15-24-39)46-34(44)37-32-11-5-4-10-31(32)28-8-2-1-3-9-28/h1-5,8-11,29-30,42H,6-7,12-27H2,(H,36,43)(H,37,44). The van der Waals surface area contributed by atoms with Crippen LogP contribution < -0.4 is 10.6 Å². The van der Waals surface area contributed by atoms with Crippen LogP contribution in [0.5, 0.6) is 0 Å². The second-order valence-corrected chi connectivity index (χ2v) is 12.6. The summed E-state index contributed by atoms with van der Waals surface area (Å²) in [5.74, 6) is 0.0910. The van der Waals surface area contributed by atoms with E-state index in [9.17, 15) is 14.4 Å². The minimum atomic E-state index is -0.414. The lowest BCUT2D eigenvalue weighted by Crippen LogP contribution is -2.42. The summed E-state index contributed by atoms with van der Waals surface area (Å²) < 4.78 is 5.78. The fourth-order valence-electron chi connectivity index (χ4n) is 6.76. The molecule has 0 bridgehead atoms. The van der Waals surface area contributed by atoms with E-state index in [0.717, 1.165) is 121 Å². The SMILES string of the molecule is O=C(Nc1ccccc1-c1ccccc1)OC1CCN(CCCN2CCN(CCCN3CCC(C(=O)NCCO)CC3)C2=O)CC1. The van der Waals surface area contributed by atoms with Gasteiger partial charge < -0.3 is 34.8 Å². The highest BCUT2D eigenvalue weighted by Gasteiger charge is 2.29. The number of urea groups is 1. The maximum atomic E-state index is 13.0. The van der Waals surface area contributed by atoms with Crippen molar-refractivity contribution >= 4 is 23.7 Å². The van der Waals surface area contributed by atoms with Crippen LogP contribution in [-0.2, 0) is 9.53 Å². The number of rotatable bonds is 14. The first-order chi connectivity index (χ1) is 22.5. The number of para-hydroxylation sites is 1. The number of ether oxygens (including phenoxy) is 1. The molecule has 0 aromatic heterocycles. The Morgan fingerprint density at radius 2 is 1.35 bits per heavy atom. The largest absolute Gasteiger partial charge is 0.446 e. The second-order valence-electron chi connectivity index (χ2n) is 12.6. The number of nitrogens with zero attached hydrogens (tertiary/aromatic N) is 4. The molecule has 3 N–H and O–H groups in total. The zero-order valence-corrected chi connectivity index (χ0v) is 26.9. The molecule has 46 heavy (non-hydrogen) atoms. The summed E-state index contributed by atoms with van der Waals surface area (Å²) in [6, 6.07) is 17.9. The third-order valence-corrected chi connectivity index (χ3v) is 9.41. The summed E-state index contributed by atoms with van der Waals surface area (Å²) >= 11 is 0. The van der Waals surface area contributed by atoms with Crippen LogP contribution >= 0.6 is 0 Å². The Kier molecular flexibility index (Phi) is 12.7. The Balaban J connectivity index is 0.926. The van der Waals surface area contributed by atoms with Crippen LogP contribution in [0.4, 0.5) is 15.3 Å². The lowest BCUT2D eigenvalue weighted by atomic mass is 9.96. The Morgan fingerprint density at radius 1 is 0.761 bits per heavy atom. The highest BCUT2D eigenvalue weighted by atomic mass is 16.6. The molecule has 0 saturated carbocycles. The Morgan fingerprint density at radius 3 is 1.98 bits per heavy atom. The van der Waals surface area contributed by atoms with Crippen molar-refractivity contribution in [2.75, 3.05) is 83.9 Å². The van der Waals surface area contributed by atoms with Gasteiger partial charge in [0.1, 0.15) is 6.10 Å².